The van der Waals surface area contributed by atoms with E-state index in [1.807, 2.05) is 57.2 Å². The van der Waals surface area contributed by atoms with Gasteiger partial charge in [-0.25, -0.2) is 14.6 Å². The van der Waals surface area contributed by atoms with Crippen molar-refractivity contribution in [2.75, 3.05) is 5.32 Å². The molecule has 0 unspecified atom stereocenters. The van der Waals surface area contributed by atoms with E-state index in [0.29, 0.717) is 5.69 Å². The second-order valence-electron chi connectivity index (χ2n) is 9.01. The van der Waals surface area contributed by atoms with Crippen molar-refractivity contribution in [2.45, 2.75) is 32.7 Å². The van der Waals surface area contributed by atoms with Gasteiger partial charge in [-0.1, -0.05) is 69.3 Å². The second-order valence-corrected chi connectivity index (χ2v) is 9.01. The van der Waals surface area contributed by atoms with Crippen LogP contribution in [0.5, 0.6) is 0 Å². The van der Waals surface area contributed by atoms with Crippen LogP contribution in [0.4, 0.5) is 14.9 Å². The maximum atomic E-state index is 13.3. The van der Waals surface area contributed by atoms with Crippen LogP contribution in [0.1, 0.15) is 42.5 Å². The van der Waals surface area contributed by atoms with Crippen molar-refractivity contribution in [2.24, 2.45) is 0 Å². The maximum Gasteiger partial charge on any atom is 0.337 e. The summed E-state index contributed by atoms with van der Waals surface area (Å²) in [6.45, 7) is 6.26. The van der Waals surface area contributed by atoms with E-state index in [9.17, 15) is 14.0 Å². The van der Waals surface area contributed by atoms with Gasteiger partial charge in [0.1, 0.15) is 11.5 Å². The lowest BCUT2D eigenvalue weighted by atomic mass is 9.92. The highest BCUT2D eigenvalue weighted by molar-refractivity contribution is 6.02. The van der Waals surface area contributed by atoms with Gasteiger partial charge in [0.25, 0.3) is 5.91 Å². The lowest BCUT2D eigenvalue weighted by Gasteiger charge is -2.14. The molecule has 7 nitrogen and oxygen atoms in total. The van der Waals surface area contributed by atoms with Gasteiger partial charge in [-0.2, -0.15) is 5.10 Å². The number of fused-ring (bicyclic) bond motifs is 1. The normalized spacial score (nSPS) is 11.3. The summed E-state index contributed by atoms with van der Waals surface area (Å²) >= 11 is 0. The van der Waals surface area contributed by atoms with Crippen molar-refractivity contribution in [1.82, 2.24) is 20.6 Å². The largest absolute Gasteiger partial charge is 0.337 e. The first kappa shape index (κ1) is 23.0. The highest BCUT2D eigenvalue weighted by atomic mass is 19.1. The third kappa shape index (κ3) is 5.23. The zero-order valence-electron chi connectivity index (χ0n) is 19.2. The van der Waals surface area contributed by atoms with Gasteiger partial charge in [-0.15, -0.1) is 0 Å². The fourth-order valence-electron chi connectivity index (χ4n) is 3.51. The summed E-state index contributed by atoms with van der Waals surface area (Å²) in [5.41, 5.74) is 6.97. The van der Waals surface area contributed by atoms with E-state index in [1.54, 1.807) is 28.9 Å². The summed E-state index contributed by atoms with van der Waals surface area (Å²) in [4.78, 5) is 25.4. The summed E-state index contributed by atoms with van der Waals surface area (Å²) in [5, 5.41) is 9.22. The molecule has 0 spiro atoms. The van der Waals surface area contributed by atoms with Gasteiger partial charge in [-0.05, 0) is 35.2 Å². The molecule has 3 aromatic carbocycles. The van der Waals surface area contributed by atoms with E-state index in [-0.39, 0.29) is 23.5 Å². The third-order valence-electron chi connectivity index (χ3n) is 5.35. The molecule has 34 heavy (non-hydrogen) atoms. The van der Waals surface area contributed by atoms with Crippen LogP contribution < -0.4 is 16.2 Å². The first-order chi connectivity index (χ1) is 16.2. The van der Waals surface area contributed by atoms with Crippen LogP contribution in [-0.4, -0.2) is 21.7 Å². The van der Waals surface area contributed by atoms with E-state index < -0.39 is 11.9 Å². The van der Waals surface area contributed by atoms with Gasteiger partial charge < -0.3 is 5.32 Å². The van der Waals surface area contributed by atoms with E-state index >= 15 is 0 Å². The number of halogens is 1. The van der Waals surface area contributed by atoms with Crippen LogP contribution >= 0.6 is 0 Å². The highest BCUT2D eigenvalue weighted by Gasteiger charge is 2.23. The Morgan fingerprint density at radius 3 is 2.38 bits per heavy atom. The average molecular weight is 460 g/mol. The maximum absolute atomic E-state index is 13.3. The number of amides is 3. The molecule has 1 heterocycles. The van der Waals surface area contributed by atoms with Crippen LogP contribution in [0.25, 0.3) is 10.8 Å². The molecule has 174 valence electrons. The SMILES string of the molecule is CC(C)(C)c1cc(C(=O)NNC(=O)Nc2cccc3ccccc23)n(Cc2ccc(F)cc2)n1. The molecule has 0 saturated carbocycles. The molecule has 3 amide bonds. The molecule has 0 saturated heterocycles. The Bertz CT molecular complexity index is 1330. The molecule has 0 fully saturated rings. The Morgan fingerprint density at radius 1 is 0.941 bits per heavy atom. The minimum atomic E-state index is -0.578. The fourth-order valence-corrected chi connectivity index (χ4v) is 3.51. The summed E-state index contributed by atoms with van der Waals surface area (Å²) in [6, 6.07) is 20.4. The monoisotopic (exact) mass is 459 g/mol. The zero-order chi connectivity index (χ0) is 24.3. The molecule has 4 aromatic rings. The van der Waals surface area contributed by atoms with Crippen molar-refractivity contribution in [1.29, 1.82) is 0 Å². The lowest BCUT2D eigenvalue weighted by Crippen LogP contribution is -2.44. The standard InChI is InChI=1S/C26H26FN5O2/c1-26(2,3)23-15-22(32(31-23)16-17-11-13-19(27)14-12-17)24(33)29-30-25(34)28-21-10-6-8-18-7-4-5-9-20(18)21/h4-15H,16H2,1-3H3,(H,29,33)(H2,28,30,34). The van der Waals surface area contributed by atoms with Crippen LogP contribution in [0.2, 0.25) is 0 Å². The number of urea groups is 1. The lowest BCUT2D eigenvalue weighted by molar-refractivity contribution is 0.0927. The van der Waals surface area contributed by atoms with Gasteiger partial charge in [0.2, 0.25) is 0 Å². The summed E-state index contributed by atoms with van der Waals surface area (Å²) in [5.74, 6) is -0.850. The summed E-state index contributed by atoms with van der Waals surface area (Å²) in [7, 11) is 0. The molecule has 0 aliphatic rings. The number of nitrogens with one attached hydrogen (secondary N) is 3. The summed E-state index contributed by atoms with van der Waals surface area (Å²) < 4.78 is 14.8. The molecule has 3 N–H and O–H groups in total. The minimum Gasteiger partial charge on any atom is -0.306 e. The van der Waals surface area contributed by atoms with Crippen LogP contribution in [-0.2, 0) is 12.0 Å². The number of anilines is 1. The summed E-state index contributed by atoms with van der Waals surface area (Å²) in [6.07, 6.45) is 0. The van der Waals surface area contributed by atoms with Gasteiger partial charge in [0.15, 0.2) is 0 Å². The van der Waals surface area contributed by atoms with Crippen molar-refractivity contribution in [3.63, 3.8) is 0 Å². The zero-order valence-corrected chi connectivity index (χ0v) is 19.2. The van der Waals surface area contributed by atoms with E-state index in [0.717, 1.165) is 22.0 Å². The van der Waals surface area contributed by atoms with Gasteiger partial charge in [0, 0.05) is 10.8 Å². The Morgan fingerprint density at radius 2 is 1.65 bits per heavy atom. The Kier molecular flexibility index (Phi) is 6.32. The molecular weight excluding hydrogens is 433 g/mol. The number of hydrogen-bond acceptors (Lipinski definition) is 3. The van der Waals surface area contributed by atoms with E-state index in [2.05, 4.69) is 21.3 Å². The molecule has 8 heteroatoms. The molecule has 0 bridgehead atoms. The van der Waals surface area contributed by atoms with Crippen molar-refractivity contribution in [3.05, 3.63) is 95.6 Å². The molecule has 0 radical (unpaired) electrons. The number of rotatable bonds is 4. The van der Waals surface area contributed by atoms with Crippen molar-refractivity contribution < 1.29 is 14.0 Å². The molecule has 0 atom stereocenters. The number of benzene rings is 3. The molecular formula is C26H26FN5O2. The highest BCUT2D eigenvalue weighted by Crippen LogP contribution is 2.23. The Balaban J connectivity index is 1.48. The predicted molar refractivity (Wildman–Crippen MR) is 130 cm³/mol. The van der Waals surface area contributed by atoms with Crippen LogP contribution in [0.3, 0.4) is 0 Å². The molecule has 0 aliphatic heterocycles. The fraction of sp³-hybridized carbons (Fsp3) is 0.192. The quantitative estimate of drug-likeness (QED) is 0.376. The van der Waals surface area contributed by atoms with Crippen molar-refractivity contribution >= 4 is 28.4 Å². The number of carbonyl (C=O) groups excluding carboxylic acids is 2. The minimum absolute atomic E-state index is 0.278. The predicted octanol–water partition coefficient (Wildman–Crippen LogP) is 4.99. The Labute approximate surface area is 196 Å². The number of nitrogens with zero attached hydrogens (tertiary/aromatic N) is 2. The first-order valence-electron chi connectivity index (χ1n) is 10.9. The average Bonchev–Trinajstić information content (AvgIpc) is 3.24. The first-order valence-corrected chi connectivity index (χ1v) is 10.9. The van der Waals surface area contributed by atoms with E-state index in [4.69, 9.17) is 0 Å². The van der Waals surface area contributed by atoms with Gasteiger partial charge >= 0.3 is 6.03 Å². The van der Waals surface area contributed by atoms with E-state index in [1.165, 1.54) is 12.1 Å². The second kappa shape index (κ2) is 9.35. The molecule has 1 aromatic heterocycles. The van der Waals surface area contributed by atoms with Gasteiger partial charge in [0.05, 0.1) is 17.9 Å². The smallest absolute Gasteiger partial charge is 0.306 e. The third-order valence-corrected chi connectivity index (χ3v) is 5.35. The van der Waals surface area contributed by atoms with Crippen LogP contribution in [0.15, 0.2) is 72.8 Å². The number of hydrazine groups is 1. The van der Waals surface area contributed by atoms with Gasteiger partial charge in [-0.3, -0.25) is 14.9 Å². The Hall–Kier alpha value is -4.20. The molecule has 0 aliphatic carbocycles. The van der Waals surface area contributed by atoms with Crippen molar-refractivity contribution in [3.8, 4) is 0 Å². The number of hydrogen-bond donors (Lipinski definition) is 3. The van der Waals surface area contributed by atoms with Crippen LogP contribution in [0, 0.1) is 5.82 Å². The topological polar surface area (TPSA) is 88.0 Å². The number of carbonyl (C=O) groups is 2. The number of aromatic nitrogens is 2. The molecule has 4 rings (SSSR count).